The second-order valence-electron chi connectivity index (χ2n) is 3.07. The Balaban J connectivity index is 2.54. The topological polar surface area (TPSA) is 90.4 Å². The predicted molar refractivity (Wildman–Crippen MR) is 52.2 cm³/mol. The van der Waals surface area contributed by atoms with Crippen LogP contribution in [-0.2, 0) is 7.05 Å². The van der Waals surface area contributed by atoms with Gasteiger partial charge in [0.05, 0.1) is 19.4 Å². The summed E-state index contributed by atoms with van der Waals surface area (Å²) in [4.78, 5) is 10.9. The molecular weight excluding hydrogens is 214 g/mol. The first-order chi connectivity index (χ1) is 7.63. The Bertz CT molecular complexity index is 529. The maximum atomic E-state index is 10.9. The molecule has 7 nitrogen and oxygen atoms in total. The highest BCUT2D eigenvalue weighted by Crippen LogP contribution is 2.26. The number of carboxylic acids is 1. The van der Waals surface area contributed by atoms with Crippen molar-refractivity contribution >= 4 is 5.97 Å². The van der Waals surface area contributed by atoms with Crippen molar-refractivity contribution in [1.82, 2.24) is 14.9 Å². The summed E-state index contributed by atoms with van der Waals surface area (Å²) in [5, 5.41) is 16.4. The zero-order chi connectivity index (χ0) is 11.7. The molecule has 2 aromatic rings. The number of carboxylic acid groups (broad SMARTS) is 1. The number of hydrogen-bond donors (Lipinski definition) is 1. The monoisotopic (exact) mass is 223 g/mol. The van der Waals surface area contributed by atoms with Crippen LogP contribution in [0.4, 0.5) is 0 Å². The summed E-state index contributed by atoms with van der Waals surface area (Å²) >= 11 is 0. The van der Waals surface area contributed by atoms with Crippen molar-refractivity contribution in [2.24, 2.45) is 7.05 Å². The number of carbonyl (C=O) groups is 1. The molecule has 0 aromatic carbocycles. The minimum absolute atomic E-state index is 0.0568. The third kappa shape index (κ3) is 1.52. The lowest BCUT2D eigenvalue weighted by atomic mass is 10.2. The number of methoxy groups -OCH3 is 1. The van der Waals surface area contributed by atoms with Gasteiger partial charge in [-0.05, 0) is 5.16 Å². The van der Waals surface area contributed by atoms with E-state index in [2.05, 4.69) is 10.3 Å². The van der Waals surface area contributed by atoms with Gasteiger partial charge in [-0.25, -0.2) is 4.79 Å². The standard InChI is InChI=1S/C9H9N3O4/c1-12-8(5(4-10-12)9(13)14)6-3-7(15-2)11-16-6/h3-4H,1-2H3,(H,13,14). The number of ether oxygens (including phenoxy) is 1. The summed E-state index contributed by atoms with van der Waals surface area (Å²) in [7, 11) is 3.07. The van der Waals surface area contributed by atoms with E-state index >= 15 is 0 Å². The SMILES string of the molecule is COc1cc(-c2c(C(=O)O)cnn2C)on1. The zero-order valence-corrected chi connectivity index (χ0v) is 8.67. The van der Waals surface area contributed by atoms with Crippen LogP contribution in [0.2, 0.25) is 0 Å². The van der Waals surface area contributed by atoms with Gasteiger partial charge in [0.2, 0.25) is 0 Å². The molecule has 0 aliphatic heterocycles. The Kier molecular flexibility index (Phi) is 2.35. The smallest absolute Gasteiger partial charge is 0.339 e. The summed E-state index contributed by atoms with van der Waals surface area (Å²) in [6.45, 7) is 0. The molecule has 0 fully saturated rings. The molecule has 0 saturated carbocycles. The summed E-state index contributed by atoms with van der Waals surface area (Å²) in [5.74, 6) is -0.486. The van der Waals surface area contributed by atoms with Gasteiger partial charge in [-0.1, -0.05) is 0 Å². The minimum atomic E-state index is -1.07. The van der Waals surface area contributed by atoms with E-state index in [0.29, 0.717) is 11.5 Å². The molecule has 2 aromatic heterocycles. The van der Waals surface area contributed by atoms with Crippen molar-refractivity contribution < 1.29 is 19.2 Å². The van der Waals surface area contributed by atoms with Crippen molar-refractivity contribution in [1.29, 1.82) is 0 Å². The van der Waals surface area contributed by atoms with E-state index < -0.39 is 5.97 Å². The van der Waals surface area contributed by atoms with Crippen LogP contribution < -0.4 is 4.74 Å². The number of hydrogen-bond acceptors (Lipinski definition) is 5. The van der Waals surface area contributed by atoms with Crippen molar-refractivity contribution in [2.75, 3.05) is 7.11 Å². The molecule has 0 atom stereocenters. The van der Waals surface area contributed by atoms with E-state index in [9.17, 15) is 4.79 Å². The van der Waals surface area contributed by atoms with Crippen LogP contribution >= 0.6 is 0 Å². The van der Waals surface area contributed by atoms with E-state index in [1.54, 1.807) is 7.05 Å². The second kappa shape index (κ2) is 3.69. The molecule has 16 heavy (non-hydrogen) atoms. The van der Waals surface area contributed by atoms with E-state index in [4.69, 9.17) is 14.4 Å². The summed E-state index contributed by atoms with van der Waals surface area (Å²) in [6, 6.07) is 1.50. The molecule has 7 heteroatoms. The van der Waals surface area contributed by atoms with E-state index in [-0.39, 0.29) is 11.4 Å². The third-order valence-electron chi connectivity index (χ3n) is 2.10. The molecule has 0 aliphatic carbocycles. The first kappa shape index (κ1) is 10.2. The first-order valence-corrected chi connectivity index (χ1v) is 4.40. The molecule has 84 valence electrons. The van der Waals surface area contributed by atoms with Gasteiger partial charge in [0, 0.05) is 7.05 Å². The Labute approximate surface area is 90.2 Å². The molecule has 2 heterocycles. The van der Waals surface area contributed by atoms with E-state index in [1.165, 1.54) is 24.1 Å². The van der Waals surface area contributed by atoms with Gasteiger partial charge in [-0.3, -0.25) is 4.68 Å². The number of aromatic nitrogens is 3. The Morgan fingerprint density at radius 3 is 2.94 bits per heavy atom. The minimum Gasteiger partial charge on any atom is -0.479 e. The molecular formula is C9H9N3O4. The maximum absolute atomic E-state index is 10.9. The van der Waals surface area contributed by atoms with Crippen LogP contribution in [0.25, 0.3) is 11.5 Å². The first-order valence-electron chi connectivity index (χ1n) is 4.40. The van der Waals surface area contributed by atoms with Crippen molar-refractivity contribution in [2.45, 2.75) is 0 Å². The summed E-state index contributed by atoms with van der Waals surface area (Å²) < 4.78 is 11.2. The highest BCUT2D eigenvalue weighted by atomic mass is 16.5. The normalized spacial score (nSPS) is 10.4. The molecule has 0 spiro atoms. The molecule has 2 rings (SSSR count). The van der Waals surface area contributed by atoms with Crippen molar-refractivity contribution in [3.05, 3.63) is 17.8 Å². The number of nitrogens with zero attached hydrogens (tertiary/aromatic N) is 3. The third-order valence-corrected chi connectivity index (χ3v) is 2.10. The van der Waals surface area contributed by atoms with Crippen LogP contribution in [0.1, 0.15) is 10.4 Å². The molecule has 0 saturated heterocycles. The fourth-order valence-corrected chi connectivity index (χ4v) is 1.35. The van der Waals surface area contributed by atoms with E-state index in [1.807, 2.05) is 0 Å². The van der Waals surface area contributed by atoms with Gasteiger partial charge in [0.15, 0.2) is 5.76 Å². The summed E-state index contributed by atoms with van der Waals surface area (Å²) in [5.41, 5.74) is 0.407. The maximum Gasteiger partial charge on any atom is 0.339 e. The van der Waals surface area contributed by atoms with Crippen molar-refractivity contribution in [3.8, 4) is 17.3 Å². The number of rotatable bonds is 3. The van der Waals surface area contributed by atoms with Crippen LogP contribution in [0.3, 0.4) is 0 Å². The fraction of sp³-hybridized carbons (Fsp3) is 0.222. The fourth-order valence-electron chi connectivity index (χ4n) is 1.35. The predicted octanol–water partition coefficient (Wildman–Crippen LogP) is 0.782. The molecule has 0 amide bonds. The van der Waals surface area contributed by atoms with Gasteiger partial charge in [-0.15, -0.1) is 0 Å². The van der Waals surface area contributed by atoms with Gasteiger partial charge < -0.3 is 14.4 Å². The Morgan fingerprint density at radius 1 is 1.62 bits per heavy atom. The van der Waals surface area contributed by atoms with Gasteiger partial charge >= 0.3 is 5.97 Å². The average Bonchev–Trinajstić information content (AvgIpc) is 2.83. The molecule has 0 aliphatic rings. The van der Waals surface area contributed by atoms with Gasteiger partial charge in [0.1, 0.15) is 11.3 Å². The molecule has 0 radical (unpaired) electrons. The number of aromatic carboxylic acids is 1. The van der Waals surface area contributed by atoms with Gasteiger partial charge in [0.25, 0.3) is 5.88 Å². The lowest BCUT2D eigenvalue weighted by molar-refractivity contribution is 0.0697. The molecule has 0 bridgehead atoms. The zero-order valence-electron chi connectivity index (χ0n) is 8.67. The lowest BCUT2D eigenvalue weighted by Gasteiger charge is -1.97. The average molecular weight is 223 g/mol. The van der Waals surface area contributed by atoms with Crippen molar-refractivity contribution in [3.63, 3.8) is 0 Å². The highest BCUT2D eigenvalue weighted by Gasteiger charge is 2.20. The highest BCUT2D eigenvalue weighted by molar-refractivity contribution is 5.94. The lowest BCUT2D eigenvalue weighted by Crippen LogP contribution is -1.99. The van der Waals surface area contributed by atoms with Crippen LogP contribution in [0.5, 0.6) is 5.88 Å². The van der Waals surface area contributed by atoms with Crippen LogP contribution in [0, 0.1) is 0 Å². The Hall–Kier alpha value is -2.31. The molecule has 0 unspecified atom stereocenters. The largest absolute Gasteiger partial charge is 0.479 e. The Morgan fingerprint density at radius 2 is 2.38 bits per heavy atom. The van der Waals surface area contributed by atoms with Crippen LogP contribution in [0.15, 0.2) is 16.8 Å². The quantitative estimate of drug-likeness (QED) is 0.826. The second-order valence-corrected chi connectivity index (χ2v) is 3.07. The van der Waals surface area contributed by atoms with Gasteiger partial charge in [-0.2, -0.15) is 5.10 Å². The summed E-state index contributed by atoms with van der Waals surface area (Å²) in [6.07, 6.45) is 1.26. The van der Waals surface area contributed by atoms with Crippen LogP contribution in [-0.4, -0.2) is 33.1 Å². The molecule has 1 N–H and O–H groups in total. The number of aryl methyl sites for hydroxylation is 1. The van der Waals surface area contributed by atoms with E-state index in [0.717, 1.165) is 0 Å².